The molecule has 0 spiro atoms. The third-order valence-corrected chi connectivity index (χ3v) is 3.74. The minimum absolute atomic E-state index is 0.153. The molecule has 5 unspecified atom stereocenters. The summed E-state index contributed by atoms with van der Waals surface area (Å²) in [5, 5.41) is 9.60. The van der Waals surface area contributed by atoms with E-state index in [1.807, 2.05) is 6.08 Å². The van der Waals surface area contributed by atoms with E-state index < -0.39 is 0 Å². The van der Waals surface area contributed by atoms with E-state index in [1.54, 1.807) is 0 Å². The van der Waals surface area contributed by atoms with E-state index in [2.05, 4.69) is 19.9 Å². The van der Waals surface area contributed by atoms with Crippen LogP contribution in [0, 0.1) is 23.7 Å². The van der Waals surface area contributed by atoms with Crippen molar-refractivity contribution in [3.8, 4) is 0 Å². The second kappa shape index (κ2) is 2.34. The molecule has 2 rings (SSSR count). The van der Waals surface area contributed by atoms with E-state index in [9.17, 15) is 5.11 Å². The van der Waals surface area contributed by atoms with Crippen LogP contribution in [0.3, 0.4) is 0 Å². The number of fused-ring (bicyclic) bond motifs is 1. The lowest BCUT2D eigenvalue weighted by atomic mass is 9.54. The van der Waals surface area contributed by atoms with Crippen LogP contribution in [0.4, 0.5) is 0 Å². The van der Waals surface area contributed by atoms with Gasteiger partial charge >= 0.3 is 0 Å². The Morgan fingerprint density at radius 3 is 2.64 bits per heavy atom. The quantitative estimate of drug-likeness (QED) is 0.525. The van der Waals surface area contributed by atoms with Crippen LogP contribution in [0.1, 0.15) is 20.3 Å². The first-order valence-corrected chi connectivity index (χ1v) is 4.56. The van der Waals surface area contributed by atoms with Crippen LogP contribution in [0.5, 0.6) is 0 Å². The number of aliphatic hydroxyl groups is 1. The van der Waals surface area contributed by atoms with Crippen LogP contribution in [0.2, 0.25) is 0 Å². The van der Waals surface area contributed by atoms with Gasteiger partial charge in [-0.05, 0) is 30.1 Å². The monoisotopic (exact) mass is 152 g/mol. The average molecular weight is 152 g/mol. The molecule has 0 aromatic heterocycles. The molecule has 0 aliphatic heterocycles. The highest BCUT2D eigenvalue weighted by Crippen LogP contribution is 2.51. The Kier molecular flexibility index (Phi) is 1.57. The summed E-state index contributed by atoms with van der Waals surface area (Å²) in [6, 6.07) is 0. The number of allylic oxidation sites excluding steroid dienone is 1. The summed E-state index contributed by atoms with van der Waals surface area (Å²) in [5.74, 6) is 2.87. The van der Waals surface area contributed by atoms with Crippen molar-refractivity contribution in [2.75, 3.05) is 0 Å². The van der Waals surface area contributed by atoms with Gasteiger partial charge in [0, 0.05) is 0 Å². The molecule has 5 atom stereocenters. The molecule has 1 fully saturated rings. The van der Waals surface area contributed by atoms with Gasteiger partial charge in [-0.2, -0.15) is 0 Å². The molecule has 0 heterocycles. The molecule has 0 amide bonds. The molecule has 1 heteroatoms. The fourth-order valence-electron chi connectivity index (χ4n) is 2.77. The largest absolute Gasteiger partial charge is 0.389 e. The maximum atomic E-state index is 9.60. The van der Waals surface area contributed by atoms with Crippen molar-refractivity contribution >= 4 is 0 Å². The summed E-state index contributed by atoms with van der Waals surface area (Å²) < 4.78 is 0. The first-order chi connectivity index (χ1) is 5.22. The molecule has 2 aliphatic carbocycles. The average Bonchev–Trinajstić information content (AvgIpc) is 2.03. The molecule has 0 aromatic carbocycles. The predicted octanol–water partition coefficient (Wildman–Crippen LogP) is 1.83. The Bertz CT molecular complexity index is 185. The minimum Gasteiger partial charge on any atom is -0.389 e. The molecule has 62 valence electrons. The first-order valence-electron chi connectivity index (χ1n) is 4.56. The van der Waals surface area contributed by atoms with Gasteiger partial charge in [0.25, 0.3) is 0 Å². The molecule has 0 bridgehead atoms. The lowest BCUT2D eigenvalue weighted by Crippen LogP contribution is -2.50. The van der Waals surface area contributed by atoms with E-state index in [4.69, 9.17) is 0 Å². The van der Waals surface area contributed by atoms with Crippen LogP contribution < -0.4 is 0 Å². The number of hydrogen-bond acceptors (Lipinski definition) is 1. The van der Waals surface area contributed by atoms with Gasteiger partial charge in [0.1, 0.15) is 0 Å². The molecular weight excluding hydrogens is 136 g/mol. The third-order valence-electron chi connectivity index (χ3n) is 3.74. The Balaban J connectivity index is 2.14. The van der Waals surface area contributed by atoms with Crippen molar-refractivity contribution in [2.45, 2.75) is 26.4 Å². The van der Waals surface area contributed by atoms with E-state index in [0.29, 0.717) is 5.92 Å². The van der Waals surface area contributed by atoms with Gasteiger partial charge in [0.05, 0.1) is 6.10 Å². The molecule has 1 N–H and O–H groups in total. The van der Waals surface area contributed by atoms with Crippen molar-refractivity contribution < 1.29 is 5.11 Å². The zero-order valence-corrected chi connectivity index (χ0v) is 7.20. The van der Waals surface area contributed by atoms with E-state index in [0.717, 1.165) is 17.8 Å². The van der Waals surface area contributed by atoms with Crippen LogP contribution in [0.25, 0.3) is 0 Å². The van der Waals surface area contributed by atoms with Crippen molar-refractivity contribution in [2.24, 2.45) is 23.7 Å². The summed E-state index contributed by atoms with van der Waals surface area (Å²) in [4.78, 5) is 0. The number of hydrogen-bond donors (Lipinski definition) is 1. The highest BCUT2D eigenvalue weighted by Gasteiger charge is 2.48. The molecule has 1 saturated carbocycles. The summed E-state index contributed by atoms with van der Waals surface area (Å²) in [6.07, 6.45) is 5.13. The van der Waals surface area contributed by atoms with Crippen LogP contribution >= 0.6 is 0 Å². The first kappa shape index (κ1) is 7.35. The molecular formula is C10H16O. The minimum atomic E-state index is -0.153. The van der Waals surface area contributed by atoms with Crippen molar-refractivity contribution in [3.05, 3.63) is 12.2 Å². The Labute approximate surface area is 68.1 Å². The molecule has 11 heavy (non-hydrogen) atoms. The Morgan fingerprint density at radius 1 is 1.27 bits per heavy atom. The highest BCUT2D eigenvalue weighted by atomic mass is 16.3. The fraction of sp³-hybridized carbons (Fsp3) is 0.800. The zero-order chi connectivity index (χ0) is 8.01. The lowest BCUT2D eigenvalue weighted by Gasteiger charge is -2.52. The normalized spacial score (nSPS) is 55.0. The topological polar surface area (TPSA) is 20.2 Å². The van der Waals surface area contributed by atoms with Gasteiger partial charge in [-0.1, -0.05) is 26.0 Å². The second-order valence-corrected chi connectivity index (χ2v) is 4.11. The van der Waals surface area contributed by atoms with E-state index >= 15 is 0 Å². The van der Waals surface area contributed by atoms with Gasteiger partial charge in [0.2, 0.25) is 0 Å². The fourth-order valence-corrected chi connectivity index (χ4v) is 2.77. The second-order valence-electron chi connectivity index (χ2n) is 4.11. The molecule has 0 radical (unpaired) electrons. The van der Waals surface area contributed by atoms with Crippen LogP contribution in [-0.2, 0) is 0 Å². The molecule has 0 saturated heterocycles. The van der Waals surface area contributed by atoms with Gasteiger partial charge in [-0.15, -0.1) is 0 Å². The Hall–Kier alpha value is -0.300. The van der Waals surface area contributed by atoms with Crippen LogP contribution in [0.15, 0.2) is 12.2 Å². The van der Waals surface area contributed by atoms with E-state index in [-0.39, 0.29) is 6.10 Å². The SMILES string of the molecule is CC1C(C)C2C(O)C=CCC12. The summed E-state index contributed by atoms with van der Waals surface area (Å²) in [6.45, 7) is 4.56. The third kappa shape index (κ3) is 0.871. The van der Waals surface area contributed by atoms with E-state index in [1.165, 1.54) is 6.42 Å². The number of rotatable bonds is 0. The molecule has 0 aromatic rings. The van der Waals surface area contributed by atoms with Crippen molar-refractivity contribution in [3.63, 3.8) is 0 Å². The van der Waals surface area contributed by atoms with Crippen molar-refractivity contribution in [1.82, 2.24) is 0 Å². The Morgan fingerprint density at radius 2 is 2.00 bits per heavy atom. The lowest BCUT2D eigenvalue weighted by molar-refractivity contribution is -0.0682. The molecule has 1 nitrogen and oxygen atoms in total. The zero-order valence-electron chi connectivity index (χ0n) is 7.20. The summed E-state index contributed by atoms with van der Waals surface area (Å²) in [5.41, 5.74) is 0. The summed E-state index contributed by atoms with van der Waals surface area (Å²) in [7, 11) is 0. The van der Waals surface area contributed by atoms with Gasteiger partial charge in [-0.25, -0.2) is 0 Å². The highest BCUT2D eigenvalue weighted by molar-refractivity contribution is 5.09. The predicted molar refractivity (Wildman–Crippen MR) is 45.1 cm³/mol. The maximum absolute atomic E-state index is 9.60. The van der Waals surface area contributed by atoms with Gasteiger partial charge in [-0.3, -0.25) is 0 Å². The number of aliphatic hydroxyl groups excluding tert-OH is 1. The van der Waals surface area contributed by atoms with Crippen molar-refractivity contribution in [1.29, 1.82) is 0 Å². The summed E-state index contributed by atoms with van der Waals surface area (Å²) >= 11 is 0. The van der Waals surface area contributed by atoms with Gasteiger partial charge < -0.3 is 5.11 Å². The maximum Gasteiger partial charge on any atom is 0.0754 e. The van der Waals surface area contributed by atoms with Crippen LogP contribution in [-0.4, -0.2) is 11.2 Å². The van der Waals surface area contributed by atoms with Gasteiger partial charge in [0.15, 0.2) is 0 Å². The standard InChI is InChI=1S/C10H16O/c1-6-7(2)10-8(6)4-3-5-9(10)11/h3,5-11H,4H2,1-2H3. The smallest absolute Gasteiger partial charge is 0.0754 e. The molecule has 2 aliphatic rings.